The van der Waals surface area contributed by atoms with Gasteiger partial charge in [0.2, 0.25) is 5.91 Å². The zero-order valence-corrected chi connectivity index (χ0v) is 13.8. The van der Waals surface area contributed by atoms with Crippen molar-refractivity contribution < 1.29 is 9.53 Å². The summed E-state index contributed by atoms with van der Waals surface area (Å²) in [4.78, 5) is 14.0. The van der Waals surface area contributed by atoms with Gasteiger partial charge in [0.05, 0.1) is 6.54 Å². The molecule has 0 aliphatic heterocycles. The lowest BCUT2D eigenvalue weighted by Gasteiger charge is -2.29. The van der Waals surface area contributed by atoms with Crippen molar-refractivity contribution in [1.29, 1.82) is 0 Å². The van der Waals surface area contributed by atoms with Crippen LogP contribution in [0, 0.1) is 12.8 Å². The molecular formula is C18H28N2O2. The third-order valence-corrected chi connectivity index (χ3v) is 4.61. The first-order valence-corrected chi connectivity index (χ1v) is 8.26. The Kier molecular flexibility index (Phi) is 6.25. The molecule has 1 amide bonds. The zero-order valence-electron chi connectivity index (χ0n) is 13.8. The van der Waals surface area contributed by atoms with E-state index in [2.05, 4.69) is 0 Å². The highest BCUT2D eigenvalue weighted by atomic mass is 16.5. The lowest BCUT2D eigenvalue weighted by molar-refractivity contribution is -0.131. The van der Waals surface area contributed by atoms with Crippen molar-refractivity contribution in [3.8, 4) is 5.75 Å². The van der Waals surface area contributed by atoms with E-state index in [4.69, 9.17) is 10.5 Å². The van der Waals surface area contributed by atoms with Crippen molar-refractivity contribution in [3.05, 3.63) is 29.8 Å². The number of benzene rings is 1. The molecule has 4 nitrogen and oxygen atoms in total. The maximum atomic E-state index is 12.3. The molecule has 0 saturated heterocycles. The van der Waals surface area contributed by atoms with E-state index in [0.717, 1.165) is 24.2 Å². The van der Waals surface area contributed by atoms with Crippen LogP contribution in [0.3, 0.4) is 0 Å². The number of nitrogens with two attached hydrogens (primary N) is 1. The minimum absolute atomic E-state index is 0.177. The van der Waals surface area contributed by atoms with E-state index in [0.29, 0.717) is 25.5 Å². The molecule has 122 valence electrons. The summed E-state index contributed by atoms with van der Waals surface area (Å²) >= 11 is 0. The van der Waals surface area contributed by atoms with Gasteiger partial charge in [-0.1, -0.05) is 31.0 Å². The summed E-state index contributed by atoms with van der Waals surface area (Å²) < 4.78 is 5.75. The normalized spacial score (nSPS) is 21.4. The third-order valence-electron chi connectivity index (χ3n) is 4.61. The lowest BCUT2D eigenvalue weighted by Crippen LogP contribution is -2.38. The molecule has 1 fully saturated rings. The monoisotopic (exact) mass is 304 g/mol. The first-order valence-electron chi connectivity index (χ1n) is 8.26. The van der Waals surface area contributed by atoms with Crippen LogP contribution < -0.4 is 10.5 Å². The van der Waals surface area contributed by atoms with Crippen LogP contribution in [-0.4, -0.2) is 37.0 Å². The summed E-state index contributed by atoms with van der Waals surface area (Å²) in [5.74, 6) is 1.41. The van der Waals surface area contributed by atoms with Gasteiger partial charge >= 0.3 is 0 Å². The Morgan fingerprint density at radius 2 is 2.05 bits per heavy atom. The second-order valence-corrected chi connectivity index (χ2v) is 6.34. The first-order chi connectivity index (χ1) is 10.6. The molecule has 2 rings (SSSR count). The predicted octanol–water partition coefficient (Wildman–Crippen LogP) is 2.74. The summed E-state index contributed by atoms with van der Waals surface area (Å²) in [6, 6.07) is 8.12. The van der Waals surface area contributed by atoms with Crippen molar-refractivity contribution in [2.75, 3.05) is 20.2 Å². The number of rotatable bonds is 6. The average Bonchev–Trinajstić information content (AvgIpc) is 2.51. The van der Waals surface area contributed by atoms with Crippen LogP contribution in [-0.2, 0) is 4.79 Å². The van der Waals surface area contributed by atoms with Crippen LogP contribution in [0.4, 0.5) is 0 Å². The molecule has 4 heteroatoms. The van der Waals surface area contributed by atoms with Crippen LogP contribution in [0.15, 0.2) is 24.3 Å². The lowest BCUT2D eigenvalue weighted by atomic mass is 9.83. The van der Waals surface area contributed by atoms with E-state index in [1.165, 1.54) is 12.8 Å². The quantitative estimate of drug-likeness (QED) is 0.879. The number of nitrogens with zero attached hydrogens (tertiary/aromatic N) is 1. The highest BCUT2D eigenvalue weighted by Crippen LogP contribution is 2.26. The smallest absolute Gasteiger partial charge is 0.222 e. The van der Waals surface area contributed by atoms with Crippen LogP contribution >= 0.6 is 0 Å². The fraction of sp³-hybridized carbons (Fsp3) is 0.611. The molecule has 2 atom stereocenters. The molecule has 0 bridgehead atoms. The van der Waals surface area contributed by atoms with Crippen LogP contribution in [0.5, 0.6) is 5.75 Å². The van der Waals surface area contributed by atoms with Gasteiger partial charge in [0, 0.05) is 19.5 Å². The van der Waals surface area contributed by atoms with Crippen molar-refractivity contribution in [2.24, 2.45) is 11.7 Å². The van der Waals surface area contributed by atoms with Crippen molar-refractivity contribution in [2.45, 2.75) is 45.1 Å². The van der Waals surface area contributed by atoms with Crippen LogP contribution in [0.2, 0.25) is 0 Å². The molecule has 22 heavy (non-hydrogen) atoms. The molecule has 1 aliphatic carbocycles. The molecule has 2 unspecified atom stereocenters. The number of ether oxygens (including phenoxy) is 1. The number of carbonyl (C=O) groups excluding carboxylic acids is 1. The Morgan fingerprint density at radius 1 is 1.32 bits per heavy atom. The van der Waals surface area contributed by atoms with Gasteiger partial charge in [-0.05, 0) is 37.3 Å². The van der Waals surface area contributed by atoms with Crippen LogP contribution in [0.25, 0.3) is 0 Å². The minimum Gasteiger partial charge on any atom is -0.491 e. The van der Waals surface area contributed by atoms with Gasteiger partial charge < -0.3 is 15.4 Å². The molecule has 1 aromatic rings. The number of aryl methyl sites for hydroxylation is 1. The minimum atomic E-state index is 0.177. The van der Waals surface area contributed by atoms with Gasteiger partial charge in [-0.15, -0.1) is 0 Å². The topological polar surface area (TPSA) is 55.6 Å². The van der Waals surface area contributed by atoms with Gasteiger partial charge in [-0.3, -0.25) is 4.79 Å². The summed E-state index contributed by atoms with van der Waals surface area (Å²) in [5.41, 5.74) is 7.24. The Labute approximate surface area is 133 Å². The number of amides is 1. The second kappa shape index (κ2) is 8.18. The highest BCUT2D eigenvalue weighted by Gasteiger charge is 2.25. The summed E-state index contributed by atoms with van der Waals surface area (Å²) in [6.07, 6.45) is 5.11. The molecule has 1 saturated carbocycles. The van der Waals surface area contributed by atoms with E-state index >= 15 is 0 Å². The second-order valence-electron chi connectivity index (χ2n) is 6.34. The first kappa shape index (κ1) is 16.8. The van der Waals surface area contributed by atoms with Crippen molar-refractivity contribution in [1.82, 2.24) is 4.90 Å². The Bertz CT molecular complexity index is 490. The van der Waals surface area contributed by atoms with E-state index < -0.39 is 0 Å². The molecule has 0 radical (unpaired) electrons. The van der Waals surface area contributed by atoms with Gasteiger partial charge in [0.1, 0.15) is 12.4 Å². The van der Waals surface area contributed by atoms with E-state index in [-0.39, 0.29) is 11.9 Å². The highest BCUT2D eigenvalue weighted by molar-refractivity contribution is 5.76. The number of para-hydroxylation sites is 1. The van der Waals surface area contributed by atoms with Gasteiger partial charge in [-0.25, -0.2) is 0 Å². The molecule has 0 spiro atoms. The number of hydrogen-bond donors (Lipinski definition) is 1. The van der Waals surface area contributed by atoms with E-state index in [1.54, 1.807) is 4.90 Å². The fourth-order valence-electron chi connectivity index (χ4n) is 3.01. The summed E-state index contributed by atoms with van der Waals surface area (Å²) in [6.45, 7) is 3.15. The SMILES string of the molecule is Cc1ccccc1OCCN(C)C(=O)CC1CCCCC1N. The largest absolute Gasteiger partial charge is 0.491 e. The van der Waals surface area contributed by atoms with Crippen molar-refractivity contribution in [3.63, 3.8) is 0 Å². The maximum absolute atomic E-state index is 12.3. The molecule has 0 aromatic heterocycles. The molecule has 1 aliphatic rings. The zero-order chi connectivity index (χ0) is 15.9. The van der Waals surface area contributed by atoms with Gasteiger partial charge in [0.15, 0.2) is 0 Å². The molecular weight excluding hydrogens is 276 g/mol. The molecule has 2 N–H and O–H groups in total. The Hall–Kier alpha value is -1.55. The fourth-order valence-corrected chi connectivity index (χ4v) is 3.01. The van der Waals surface area contributed by atoms with E-state index in [9.17, 15) is 4.79 Å². The summed E-state index contributed by atoms with van der Waals surface area (Å²) in [7, 11) is 1.85. The predicted molar refractivity (Wildman–Crippen MR) is 88.9 cm³/mol. The van der Waals surface area contributed by atoms with Gasteiger partial charge in [0.25, 0.3) is 0 Å². The Morgan fingerprint density at radius 3 is 2.77 bits per heavy atom. The third kappa shape index (κ3) is 4.73. The number of carbonyl (C=O) groups is 1. The standard InChI is InChI=1S/C18H28N2O2/c1-14-7-3-6-10-17(14)22-12-11-20(2)18(21)13-15-8-4-5-9-16(15)19/h3,6-7,10,15-16H,4-5,8-9,11-13,19H2,1-2H3. The van der Waals surface area contributed by atoms with Crippen LogP contribution in [0.1, 0.15) is 37.7 Å². The van der Waals surface area contributed by atoms with Crippen molar-refractivity contribution >= 4 is 5.91 Å². The number of likely N-dealkylation sites (N-methyl/N-ethyl adjacent to an activating group) is 1. The number of hydrogen-bond acceptors (Lipinski definition) is 3. The maximum Gasteiger partial charge on any atom is 0.222 e. The summed E-state index contributed by atoms with van der Waals surface area (Å²) in [5, 5.41) is 0. The van der Waals surface area contributed by atoms with E-state index in [1.807, 2.05) is 38.2 Å². The Balaban J connectivity index is 1.73. The molecule has 0 heterocycles. The average molecular weight is 304 g/mol. The molecule has 1 aromatic carbocycles. The van der Waals surface area contributed by atoms with Gasteiger partial charge in [-0.2, -0.15) is 0 Å².